The number of nitrogens with zero attached hydrogens (tertiary/aromatic N) is 2. The number of sulfonamides is 1. The molecule has 0 fully saturated rings. The Morgan fingerprint density at radius 2 is 1.73 bits per heavy atom. The second kappa shape index (κ2) is 7.63. The molecule has 2 aromatic rings. The fourth-order valence-electron chi connectivity index (χ4n) is 1.50. The molecule has 0 aliphatic rings. The number of methoxy groups -OCH3 is 2. The average Bonchev–Trinajstić information content (AvgIpc) is 2.46. The van der Waals surface area contributed by atoms with E-state index >= 15 is 0 Å². The molecule has 22 heavy (non-hydrogen) atoms. The first kappa shape index (κ1) is 18.5. The van der Waals surface area contributed by atoms with Crippen LogP contribution in [0.1, 0.15) is 0 Å². The molecule has 8 nitrogen and oxygen atoms in total. The Hall–Kier alpha value is -1.55. The molecule has 0 atom stereocenters. The van der Waals surface area contributed by atoms with Crippen LogP contribution in [0.4, 0.5) is 11.5 Å². The summed E-state index contributed by atoms with van der Waals surface area (Å²) >= 11 is 0. The third kappa shape index (κ3) is 4.47. The Morgan fingerprint density at radius 1 is 1.09 bits per heavy atom. The summed E-state index contributed by atoms with van der Waals surface area (Å²) in [4.78, 5) is 7.84. The molecule has 0 aliphatic heterocycles. The van der Waals surface area contributed by atoms with Crippen LogP contribution in [-0.4, -0.2) is 62.2 Å². The number of hydrogen-bond acceptors (Lipinski definition) is 7. The summed E-state index contributed by atoms with van der Waals surface area (Å²) in [7, 11) is -1.02. The van der Waals surface area contributed by atoms with Gasteiger partial charge in [-0.2, -0.15) is 9.97 Å². The third-order valence-corrected chi connectivity index (χ3v) is 3.87. The van der Waals surface area contributed by atoms with Crippen molar-refractivity contribution in [2.75, 3.05) is 24.7 Å². The van der Waals surface area contributed by atoms with Gasteiger partial charge >= 0.3 is 35.6 Å². The summed E-state index contributed by atoms with van der Waals surface area (Å²) in [5, 5.41) is 0. The molecule has 0 radical (unpaired) electrons. The van der Waals surface area contributed by atoms with Crippen molar-refractivity contribution in [3.8, 4) is 11.9 Å². The summed E-state index contributed by atoms with van der Waals surface area (Å²) in [5.41, 5.74) is 6.00. The fraction of sp³-hybridized carbons (Fsp3) is 0.167. The second-order valence-corrected chi connectivity index (χ2v) is 5.64. The zero-order chi connectivity index (χ0) is 15.5. The number of nitrogen functional groups attached to an aromatic ring is 1. The van der Waals surface area contributed by atoms with E-state index in [0.29, 0.717) is 5.69 Å². The molecule has 1 aromatic heterocycles. The van der Waals surface area contributed by atoms with Crippen molar-refractivity contribution >= 4 is 51.1 Å². The van der Waals surface area contributed by atoms with E-state index in [1.54, 1.807) is 0 Å². The number of ether oxygens (including phenoxy) is 2. The maximum atomic E-state index is 12.2. The SMILES string of the molecule is COc1cc(NS(=O)(=O)c2ccc(N)cc2)nc(OC)n1.[NaH]. The number of rotatable bonds is 5. The summed E-state index contributed by atoms with van der Waals surface area (Å²) in [6.07, 6.45) is 0. The molecule has 10 heteroatoms. The van der Waals surface area contributed by atoms with Crippen LogP contribution in [0.2, 0.25) is 0 Å². The Kier molecular flexibility index (Phi) is 6.42. The average molecular weight is 334 g/mol. The normalized spacial score (nSPS) is 10.5. The number of nitrogens with one attached hydrogen (secondary N) is 1. The quantitative estimate of drug-likeness (QED) is 0.594. The van der Waals surface area contributed by atoms with Crippen molar-refractivity contribution in [1.82, 2.24) is 9.97 Å². The van der Waals surface area contributed by atoms with Crippen LogP contribution in [0.3, 0.4) is 0 Å². The van der Waals surface area contributed by atoms with E-state index in [1.165, 1.54) is 44.6 Å². The maximum absolute atomic E-state index is 12.2. The van der Waals surface area contributed by atoms with Crippen LogP contribution in [0, 0.1) is 0 Å². The van der Waals surface area contributed by atoms with Crippen LogP contribution >= 0.6 is 0 Å². The summed E-state index contributed by atoms with van der Waals surface area (Å²) in [6, 6.07) is 7.12. The molecule has 0 saturated carbocycles. The Labute approximate surface area is 150 Å². The second-order valence-electron chi connectivity index (χ2n) is 3.96. The van der Waals surface area contributed by atoms with E-state index in [9.17, 15) is 8.42 Å². The van der Waals surface area contributed by atoms with Crippen molar-refractivity contribution in [3.05, 3.63) is 30.3 Å². The molecule has 0 amide bonds. The molecule has 2 rings (SSSR count). The van der Waals surface area contributed by atoms with Crippen LogP contribution in [0.25, 0.3) is 0 Å². The number of anilines is 2. The summed E-state index contributed by atoms with van der Waals surface area (Å²) in [5.74, 6) is 0.215. The summed E-state index contributed by atoms with van der Waals surface area (Å²) < 4.78 is 36.6. The monoisotopic (exact) mass is 334 g/mol. The Morgan fingerprint density at radius 3 is 2.27 bits per heavy atom. The zero-order valence-electron chi connectivity index (χ0n) is 11.4. The van der Waals surface area contributed by atoms with Gasteiger partial charge in [0.1, 0.15) is 0 Å². The molecule has 0 aliphatic carbocycles. The molecule has 3 N–H and O–H groups in total. The molecule has 114 valence electrons. The van der Waals surface area contributed by atoms with Crippen LogP contribution in [-0.2, 0) is 10.0 Å². The van der Waals surface area contributed by atoms with Crippen LogP contribution in [0.5, 0.6) is 11.9 Å². The van der Waals surface area contributed by atoms with Gasteiger partial charge in [-0.05, 0) is 24.3 Å². The van der Waals surface area contributed by atoms with Crippen molar-refractivity contribution in [3.63, 3.8) is 0 Å². The Bertz CT molecular complexity index is 715. The van der Waals surface area contributed by atoms with Gasteiger partial charge in [0.05, 0.1) is 19.1 Å². The third-order valence-electron chi connectivity index (χ3n) is 2.50. The minimum atomic E-state index is -3.79. The van der Waals surface area contributed by atoms with Gasteiger partial charge in [-0.25, -0.2) is 8.42 Å². The zero-order valence-corrected chi connectivity index (χ0v) is 12.2. The number of hydrogen-bond donors (Lipinski definition) is 2. The van der Waals surface area contributed by atoms with E-state index in [2.05, 4.69) is 14.7 Å². The standard InChI is InChI=1S/C12H14N4O4S.Na.H/c1-19-11-7-10(14-12(15-11)20-2)16-21(17,18)9-5-3-8(13)4-6-9;;/h3-7H,13H2,1-2H3,(H,14,15,16);;. The number of nitrogens with two attached hydrogens (primary N) is 1. The molecule has 0 saturated heterocycles. The molecule has 0 bridgehead atoms. The van der Waals surface area contributed by atoms with Gasteiger partial charge in [-0.3, -0.25) is 4.72 Å². The molecule has 0 unspecified atom stereocenters. The number of aromatic nitrogens is 2. The first-order valence-electron chi connectivity index (χ1n) is 5.80. The van der Waals surface area contributed by atoms with E-state index in [0.717, 1.165) is 0 Å². The predicted octanol–water partition coefficient (Wildman–Crippen LogP) is 0.228. The molecule has 1 heterocycles. The molecular weight excluding hydrogens is 319 g/mol. The predicted molar refractivity (Wildman–Crippen MR) is 83.9 cm³/mol. The Balaban J connectivity index is 0.00000242. The molecule has 0 spiro atoms. The first-order valence-corrected chi connectivity index (χ1v) is 7.28. The van der Waals surface area contributed by atoms with Gasteiger partial charge < -0.3 is 15.2 Å². The van der Waals surface area contributed by atoms with Gasteiger partial charge in [0.2, 0.25) is 5.88 Å². The van der Waals surface area contributed by atoms with Crippen molar-refractivity contribution in [2.24, 2.45) is 0 Å². The topological polar surface area (TPSA) is 116 Å². The van der Waals surface area contributed by atoms with Crippen molar-refractivity contribution in [1.29, 1.82) is 0 Å². The van der Waals surface area contributed by atoms with Crippen molar-refractivity contribution < 1.29 is 17.9 Å². The first-order chi connectivity index (χ1) is 9.94. The van der Waals surface area contributed by atoms with Gasteiger partial charge in [0.15, 0.2) is 5.82 Å². The van der Waals surface area contributed by atoms with E-state index in [1.807, 2.05) is 0 Å². The van der Waals surface area contributed by atoms with E-state index < -0.39 is 10.0 Å². The van der Waals surface area contributed by atoms with Gasteiger partial charge in [-0.1, -0.05) is 0 Å². The molecular formula is C12H15N4NaO4S. The summed E-state index contributed by atoms with van der Waals surface area (Å²) in [6.45, 7) is 0. The van der Waals surface area contributed by atoms with Crippen molar-refractivity contribution in [2.45, 2.75) is 4.90 Å². The van der Waals surface area contributed by atoms with Crippen LogP contribution < -0.4 is 19.9 Å². The van der Waals surface area contributed by atoms with Crippen LogP contribution in [0.15, 0.2) is 35.2 Å². The number of benzene rings is 1. The minimum absolute atomic E-state index is 0. The van der Waals surface area contributed by atoms with E-state index in [-0.39, 0.29) is 52.2 Å². The van der Waals surface area contributed by atoms with Gasteiger partial charge in [0, 0.05) is 11.8 Å². The fourth-order valence-corrected chi connectivity index (χ4v) is 2.49. The van der Waals surface area contributed by atoms with E-state index in [4.69, 9.17) is 15.2 Å². The molecule has 1 aromatic carbocycles. The van der Waals surface area contributed by atoms with Gasteiger partial charge in [-0.15, -0.1) is 0 Å². The van der Waals surface area contributed by atoms with Gasteiger partial charge in [0.25, 0.3) is 10.0 Å².